The van der Waals surface area contributed by atoms with Gasteiger partial charge in [-0.3, -0.25) is 4.79 Å². The van der Waals surface area contributed by atoms with Gasteiger partial charge in [-0.1, -0.05) is 0 Å². The van der Waals surface area contributed by atoms with E-state index in [1.807, 2.05) is 0 Å². The quantitative estimate of drug-likeness (QED) is 0.579. The van der Waals surface area contributed by atoms with E-state index < -0.39 is 10.0 Å². The van der Waals surface area contributed by atoms with Crippen molar-refractivity contribution in [2.24, 2.45) is 0 Å². The number of ether oxygens (including phenoxy) is 1. The summed E-state index contributed by atoms with van der Waals surface area (Å²) < 4.78 is 31.7. The summed E-state index contributed by atoms with van der Waals surface area (Å²) >= 11 is 1.18. The average Bonchev–Trinajstić information content (AvgIpc) is 3.22. The van der Waals surface area contributed by atoms with Gasteiger partial charge in [0.15, 0.2) is 0 Å². The number of hydrogen-bond donors (Lipinski definition) is 2. The fourth-order valence-corrected chi connectivity index (χ4v) is 5.48. The summed E-state index contributed by atoms with van der Waals surface area (Å²) in [5.74, 6) is -0.101. The van der Waals surface area contributed by atoms with E-state index in [1.165, 1.54) is 15.6 Å². The number of thiophene rings is 1. The van der Waals surface area contributed by atoms with Crippen molar-refractivity contribution in [2.75, 3.05) is 46.4 Å². The van der Waals surface area contributed by atoms with E-state index in [9.17, 15) is 13.2 Å². The molecule has 2 rings (SSSR count). The molecule has 0 atom stereocenters. The van der Waals surface area contributed by atoms with Gasteiger partial charge in [-0.25, -0.2) is 8.42 Å². The molecule has 136 valence electrons. The van der Waals surface area contributed by atoms with E-state index in [2.05, 4.69) is 10.6 Å². The lowest BCUT2D eigenvalue weighted by Crippen LogP contribution is -2.33. The summed E-state index contributed by atoms with van der Waals surface area (Å²) in [6, 6.07) is 3.33. The number of carbonyl (C=O) groups excluding carboxylic acids is 1. The number of nitrogens with one attached hydrogen (secondary N) is 2. The maximum Gasteiger partial charge on any atom is 0.252 e. The van der Waals surface area contributed by atoms with E-state index in [4.69, 9.17) is 4.74 Å². The lowest BCUT2D eigenvalue weighted by molar-refractivity contribution is -0.120. The predicted octanol–water partition coefficient (Wildman–Crippen LogP) is 0.427. The zero-order chi connectivity index (χ0) is 17.4. The van der Waals surface area contributed by atoms with Crippen LogP contribution in [0.5, 0.6) is 0 Å². The second kappa shape index (κ2) is 9.47. The summed E-state index contributed by atoms with van der Waals surface area (Å²) in [5.41, 5.74) is 0. The zero-order valence-electron chi connectivity index (χ0n) is 13.9. The lowest BCUT2D eigenvalue weighted by atomic mass is 10.3. The highest BCUT2D eigenvalue weighted by atomic mass is 32.2. The SMILES string of the molecule is COCCNCCNC(=O)Cc1ccc(S(=O)(=O)N2CCCC2)s1. The topological polar surface area (TPSA) is 87.7 Å². The third-order valence-corrected chi connectivity index (χ3v) is 7.19. The summed E-state index contributed by atoms with van der Waals surface area (Å²) in [4.78, 5) is 12.7. The number of hydrogen-bond acceptors (Lipinski definition) is 6. The van der Waals surface area contributed by atoms with Gasteiger partial charge < -0.3 is 15.4 Å². The zero-order valence-corrected chi connectivity index (χ0v) is 15.5. The van der Waals surface area contributed by atoms with E-state index in [-0.39, 0.29) is 12.3 Å². The van der Waals surface area contributed by atoms with Gasteiger partial charge in [0.2, 0.25) is 5.91 Å². The van der Waals surface area contributed by atoms with Gasteiger partial charge in [0, 0.05) is 44.7 Å². The van der Waals surface area contributed by atoms with E-state index in [0.717, 1.165) is 24.3 Å². The second-order valence-corrected chi connectivity index (χ2v) is 8.93. The summed E-state index contributed by atoms with van der Waals surface area (Å²) in [6.45, 7) is 3.77. The van der Waals surface area contributed by atoms with Crippen molar-refractivity contribution in [1.29, 1.82) is 0 Å². The van der Waals surface area contributed by atoms with Crippen LogP contribution in [0.25, 0.3) is 0 Å². The predicted molar refractivity (Wildman–Crippen MR) is 93.8 cm³/mol. The Balaban J connectivity index is 1.77. The van der Waals surface area contributed by atoms with Crippen molar-refractivity contribution in [3.8, 4) is 0 Å². The van der Waals surface area contributed by atoms with Crippen LogP contribution in [-0.4, -0.2) is 65.1 Å². The van der Waals surface area contributed by atoms with Crippen LogP contribution >= 0.6 is 11.3 Å². The third kappa shape index (κ3) is 5.52. The molecule has 2 N–H and O–H groups in total. The Labute approximate surface area is 147 Å². The molecule has 0 aromatic carbocycles. The highest BCUT2D eigenvalue weighted by molar-refractivity contribution is 7.91. The Morgan fingerprint density at radius 1 is 1.25 bits per heavy atom. The van der Waals surface area contributed by atoms with Gasteiger partial charge in [-0.15, -0.1) is 11.3 Å². The minimum atomic E-state index is -3.39. The van der Waals surface area contributed by atoms with Crippen LogP contribution < -0.4 is 10.6 Å². The van der Waals surface area contributed by atoms with Crippen molar-refractivity contribution in [2.45, 2.75) is 23.5 Å². The van der Waals surface area contributed by atoms with Crippen LogP contribution in [0.15, 0.2) is 16.3 Å². The van der Waals surface area contributed by atoms with E-state index in [1.54, 1.807) is 19.2 Å². The molecule has 1 saturated heterocycles. The number of carbonyl (C=O) groups is 1. The van der Waals surface area contributed by atoms with Crippen LogP contribution in [0, 0.1) is 0 Å². The van der Waals surface area contributed by atoms with Crippen LogP contribution in [0.4, 0.5) is 0 Å². The average molecular weight is 376 g/mol. The first-order valence-electron chi connectivity index (χ1n) is 8.09. The first kappa shape index (κ1) is 19.3. The molecular formula is C15H25N3O4S2. The Bertz CT molecular complexity index is 624. The molecule has 1 fully saturated rings. The fourth-order valence-electron chi connectivity index (χ4n) is 2.46. The van der Waals surface area contributed by atoms with Gasteiger partial charge in [-0.05, 0) is 25.0 Å². The van der Waals surface area contributed by atoms with Gasteiger partial charge in [0.05, 0.1) is 13.0 Å². The van der Waals surface area contributed by atoms with Crippen molar-refractivity contribution in [3.05, 3.63) is 17.0 Å². The number of amides is 1. The lowest BCUT2D eigenvalue weighted by Gasteiger charge is -2.13. The Morgan fingerprint density at radius 3 is 2.71 bits per heavy atom. The number of nitrogens with zero attached hydrogens (tertiary/aromatic N) is 1. The molecule has 1 aromatic heterocycles. The maximum absolute atomic E-state index is 12.4. The first-order chi connectivity index (χ1) is 11.5. The summed E-state index contributed by atoms with van der Waals surface area (Å²) in [5, 5.41) is 5.95. The number of rotatable bonds is 10. The van der Waals surface area contributed by atoms with Gasteiger partial charge in [0.25, 0.3) is 10.0 Å². The van der Waals surface area contributed by atoms with E-state index >= 15 is 0 Å². The molecule has 0 bridgehead atoms. The third-order valence-electron chi connectivity index (χ3n) is 3.74. The first-order valence-corrected chi connectivity index (χ1v) is 10.3. The van der Waals surface area contributed by atoms with Crippen LogP contribution in [-0.2, 0) is 26.0 Å². The van der Waals surface area contributed by atoms with Crippen molar-refractivity contribution in [1.82, 2.24) is 14.9 Å². The molecule has 1 aromatic rings. The normalized spacial score (nSPS) is 15.7. The van der Waals surface area contributed by atoms with E-state index in [0.29, 0.717) is 37.0 Å². The molecule has 7 nitrogen and oxygen atoms in total. The molecule has 1 amide bonds. The van der Waals surface area contributed by atoms with Gasteiger partial charge in [0.1, 0.15) is 4.21 Å². The molecule has 0 radical (unpaired) electrons. The molecule has 0 unspecified atom stereocenters. The van der Waals surface area contributed by atoms with Gasteiger partial charge in [-0.2, -0.15) is 4.31 Å². The highest BCUT2D eigenvalue weighted by Gasteiger charge is 2.28. The molecule has 1 aliphatic heterocycles. The highest BCUT2D eigenvalue weighted by Crippen LogP contribution is 2.27. The minimum absolute atomic E-state index is 0.101. The summed E-state index contributed by atoms with van der Waals surface area (Å²) in [7, 11) is -1.74. The van der Waals surface area contributed by atoms with Crippen LogP contribution in [0.2, 0.25) is 0 Å². The largest absolute Gasteiger partial charge is 0.383 e. The van der Waals surface area contributed by atoms with Crippen molar-refractivity contribution < 1.29 is 17.9 Å². The monoisotopic (exact) mass is 375 g/mol. The molecule has 24 heavy (non-hydrogen) atoms. The maximum atomic E-state index is 12.4. The molecule has 0 saturated carbocycles. The molecule has 0 aliphatic carbocycles. The van der Waals surface area contributed by atoms with Crippen LogP contribution in [0.1, 0.15) is 17.7 Å². The Kier molecular flexibility index (Phi) is 7.63. The second-order valence-electron chi connectivity index (χ2n) is 5.60. The smallest absolute Gasteiger partial charge is 0.252 e. The molecule has 9 heteroatoms. The molecular weight excluding hydrogens is 350 g/mol. The van der Waals surface area contributed by atoms with Crippen molar-refractivity contribution >= 4 is 27.3 Å². The van der Waals surface area contributed by atoms with Crippen LogP contribution in [0.3, 0.4) is 0 Å². The standard InChI is InChI=1S/C15H25N3O4S2/c1-22-11-8-16-6-7-17-14(19)12-13-4-5-15(23-13)24(20,21)18-9-2-3-10-18/h4-5,16H,2-3,6-12H2,1H3,(H,17,19). The van der Waals surface area contributed by atoms with Crippen molar-refractivity contribution in [3.63, 3.8) is 0 Å². The Hall–Kier alpha value is -1.00. The minimum Gasteiger partial charge on any atom is -0.383 e. The fraction of sp³-hybridized carbons (Fsp3) is 0.667. The number of sulfonamides is 1. The molecule has 0 spiro atoms. The van der Waals surface area contributed by atoms with Gasteiger partial charge >= 0.3 is 0 Å². The molecule has 2 heterocycles. The number of methoxy groups -OCH3 is 1. The molecule has 1 aliphatic rings. The summed E-state index contributed by atoms with van der Waals surface area (Å²) in [6.07, 6.45) is 2.04. The Morgan fingerprint density at radius 2 is 2.00 bits per heavy atom.